The van der Waals surface area contributed by atoms with Crippen molar-refractivity contribution >= 4 is 11.6 Å². The molecule has 0 atom stereocenters. The minimum absolute atomic E-state index is 0.252. The molecule has 0 radical (unpaired) electrons. The van der Waals surface area contributed by atoms with Crippen LogP contribution in [0.2, 0.25) is 5.15 Å². The second kappa shape index (κ2) is 5.54. The summed E-state index contributed by atoms with van der Waals surface area (Å²) in [5.41, 5.74) is 0.394. The molecular formula is C11H10ClN5O2. The number of aromatic nitrogens is 1. The van der Waals surface area contributed by atoms with E-state index in [0.29, 0.717) is 24.8 Å². The number of nitrogens with zero attached hydrogens (tertiary/aromatic N) is 4. The predicted molar refractivity (Wildman–Crippen MR) is 67.3 cm³/mol. The van der Waals surface area contributed by atoms with E-state index in [9.17, 15) is 10.1 Å². The highest BCUT2D eigenvalue weighted by molar-refractivity contribution is 6.29. The van der Waals surface area contributed by atoms with Crippen molar-refractivity contribution in [2.75, 3.05) is 13.1 Å². The minimum atomic E-state index is -0.680. The third-order valence-corrected chi connectivity index (χ3v) is 2.89. The maximum atomic E-state index is 10.8. The first kappa shape index (κ1) is 13.1. The van der Waals surface area contributed by atoms with Crippen LogP contribution in [0.5, 0.6) is 0 Å². The highest BCUT2D eigenvalue weighted by atomic mass is 35.5. The van der Waals surface area contributed by atoms with Crippen LogP contribution >= 0.6 is 11.6 Å². The third kappa shape index (κ3) is 2.92. The lowest BCUT2D eigenvalue weighted by molar-refractivity contribution is -0.419. The Hall–Kier alpha value is -2.33. The predicted octanol–water partition coefficient (Wildman–Crippen LogP) is 1.11. The molecule has 8 heteroatoms. The number of nitro groups is 1. The standard InChI is InChI=1S/C11H10ClN5O2/c12-10-2-1-8(6-15-10)7-16-4-3-14-11(16)9(5-13)17(18)19/h1-2,6,14H,3-4,7H2. The molecule has 0 unspecified atom stereocenters. The van der Waals surface area contributed by atoms with Crippen molar-refractivity contribution in [1.82, 2.24) is 15.2 Å². The lowest BCUT2D eigenvalue weighted by atomic mass is 10.2. The van der Waals surface area contributed by atoms with Gasteiger partial charge in [-0.3, -0.25) is 10.1 Å². The van der Waals surface area contributed by atoms with Gasteiger partial charge in [-0.25, -0.2) is 4.98 Å². The zero-order valence-corrected chi connectivity index (χ0v) is 10.6. The van der Waals surface area contributed by atoms with E-state index < -0.39 is 10.6 Å². The Morgan fingerprint density at radius 2 is 2.47 bits per heavy atom. The largest absolute Gasteiger partial charge is 0.385 e. The smallest absolute Gasteiger partial charge is 0.364 e. The molecule has 0 aliphatic carbocycles. The zero-order chi connectivity index (χ0) is 13.8. The molecule has 1 aromatic rings. The summed E-state index contributed by atoms with van der Waals surface area (Å²) in [6.07, 6.45) is 1.61. The number of halogens is 1. The second-order valence-corrected chi connectivity index (χ2v) is 4.29. The highest BCUT2D eigenvalue weighted by Crippen LogP contribution is 2.17. The molecule has 0 saturated carbocycles. The Morgan fingerprint density at radius 1 is 1.68 bits per heavy atom. The molecule has 1 aliphatic heterocycles. The molecule has 1 fully saturated rings. The first-order chi connectivity index (χ1) is 9.11. The van der Waals surface area contributed by atoms with E-state index >= 15 is 0 Å². The van der Waals surface area contributed by atoms with Crippen LogP contribution in [0.4, 0.5) is 0 Å². The van der Waals surface area contributed by atoms with Gasteiger partial charge in [0.25, 0.3) is 0 Å². The fraction of sp³-hybridized carbons (Fsp3) is 0.273. The maximum Gasteiger partial charge on any atom is 0.385 e. The monoisotopic (exact) mass is 279 g/mol. The molecule has 0 aromatic carbocycles. The average Bonchev–Trinajstić information content (AvgIpc) is 2.81. The van der Waals surface area contributed by atoms with Crippen molar-refractivity contribution in [3.05, 3.63) is 50.7 Å². The van der Waals surface area contributed by atoms with Crippen LogP contribution in [-0.4, -0.2) is 27.9 Å². The Bertz CT molecular complexity index is 563. The molecule has 1 N–H and O–H groups in total. The lowest BCUT2D eigenvalue weighted by Gasteiger charge is -2.17. The summed E-state index contributed by atoms with van der Waals surface area (Å²) >= 11 is 5.69. The van der Waals surface area contributed by atoms with Gasteiger partial charge in [0.05, 0.1) is 4.92 Å². The summed E-state index contributed by atoms with van der Waals surface area (Å²) in [5, 5.41) is 22.9. The van der Waals surface area contributed by atoms with Gasteiger partial charge in [-0.1, -0.05) is 17.7 Å². The summed E-state index contributed by atoms with van der Waals surface area (Å²) in [7, 11) is 0. The number of hydrogen-bond acceptors (Lipinski definition) is 6. The van der Waals surface area contributed by atoms with Gasteiger partial charge in [-0.2, -0.15) is 5.26 Å². The van der Waals surface area contributed by atoms with E-state index in [0.717, 1.165) is 5.56 Å². The number of hydrogen-bond donors (Lipinski definition) is 1. The Labute approximate surface area is 114 Å². The third-order valence-electron chi connectivity index (χ3n) is 2.67. The van der Waals surface area contributed by atoms with Crippen LogP contribution in [0.1, 0.15) is 5.56 Å². The Kier molecular flexibility index (Phi) is 3.82. The van der Waals surface area contributed by atoms with Gasteiger partial charge in [-0.05, 0) is 11.6 Å². The molecule has 1 aromatic heterocycles. The van der Waals surface area contributed by atoms with E-state index in [4.69, 9.17) is 16.9 Å². The second-order valence-electron chi connectivity index (χ2n) is 3.90. The molecule has 2 rings (SSSR count). The molecule has 19 heavy (non-hydrogen) atoms. The molecule has 0 bridgehead atoms. The van der Waals surface area contributed by atoms with Gasteiger partial charge >= 0.3 is 5.70 Å². The number of rotatable bonds is 3. The summed E-state index contributed by atoms with van der Waals surface area (Å²) in [6, 6.07) is 5.06. The van der Waals surface area contributed by atoms with Crippen molar-refractivity contribution in [3.63, 3.8) is 0 Å². The highest BCUT2D eigenvalue weighted by Gasteiger charge is 2.27. The fourth-order valence-electron chi connectivity index (χ4n) is 1.83. The van der Waals surface area contributed by atoms with E-state index in [1.165, 1.54) is 0 Å². The Balaban J connectivity index is 2.22. The number of pyridine rings is 1. The van der Waals surface area contributed by atoms with Gasteiger partial charge in [-0.15, -0.1) is 0 Å². The number of nitrogens with one attached hydrogen (secondary N) is 1. The van der Waals surface area contributed by atoms with Crippen LogP contribution in [0.15, 0.2) is 29.8 Å². The maximum absolute atomic E-state index is 10.8. The summed E-state index contributed by atoms with van der Waals surface area (Å²) in [4.78, 5) is 15.8. The van der Waals surface area contributed by atoms with Crippen molar-refractivity contribution in [2.45, 2.75) is 6.54 Å². The molecule has 1 saturated heterocycles. The van der Waals surface area contributed by atoms with Crippen molar-refractivity contribution in [2.24, 2.45) is 0 Å². The van der Waals surface area contributed by atoms with Gasteiger partial charge in [0.1, 0.15) is 5.15 Å². The van der Waals surface area contributed by atoms with Crippen LogP contribution in [0, 0.1) is 21.4 Å². The van der Waals surface area contributed by atoms with E-state index in [-0.39, 0.29) is 5.82 Å². The molecule has 1 aliphatic rings. The van der Waals surface area contributed by atoms with Gasteiger partial charge < -0.3 is 10.2 Å². The van der Waals surface area contributed by atoms with Crippen molar-refractivity contribution < 1.29 is 4.92 Å². The molecule has 2 heterocycles. The Morgan fingerprint density at radius 3 is 3.05 bits per heavy atom. The first-order valence-electron chi connectivity index (χ1n) is 5.50. The van der Waals surface area contributed by atoms with Crippen LogP contribution in [0.25, 0.3) is 0 Å². The number of allylic oxidation sites excluding steroid dienone is 1. The van der Waals surface area contributed by atoms with Crippen molar-refractivity contribution in [3.8, 4) is 6.07 Å². The average molecular weight is 280 g/mol. The van der Waals surface area contributed by atoms with Crippen LogP contribution in [-0.2, 0) is 6.54 Å². The topological polar surface area (TPSA) is 95.1 Å². The van der Waals surface area contributed by atoms with Gasteiger partial charge in [0.15, 0.2) is 11.9 Å². The molecule has 7 nitrogen and oxygen atoms in total. The summed E-state index contributed by atoms with van der Waals surface area (Å²) < 4.78 is 0. The molecule has 0 amide bonds. The summed E-state index contributed by atoms with van der Waals surface area (Å²) in [6.45, 7) is 1.60. The molecule has 0 spiro atoms. The SMILES string of the molecule is N#CC(=C1NCCN1Cc1ccc(Cl)nc1)[N+](=O)[O-]. The van der Waals surface area contributed by atoms with Gasteiger partial charge in [0, 0.05) is 25.8 Å². The van der Waals surface area contributed by atoms with Crippen molar-refractivity contribution in [1.29, 1.82) is 5.26 Å². The quantitative estimate of drug-likeness (QED) is 0.385. The minimum Gasteiger partial charge on any atom is -0.364 e. The molecule has 98 valence electrons. The zero-order valence-electron chi connectivity index (χ0n) is 9.84. The van der Waals surface area contributed by atoms with Crippen LogP contribution in [0.3, 0.4) is 0 Å². The fourth-order valence-corrected chi connectivity index (χ4v) is 1.94. The van der Waals surface area contributed by atoms with E-state index in [1.807, 2.05) is 0 Å². The first-order valence-corrected chi connectivity index (χ1v) is 5.87. The van der Waals surface area contributed by atoms with E-state index in [2.05, 4.69) is 10.3 Å². The normalized spacial score (nSPS) is 16.7. The lowest BCUT2D eigenvalue weighted by Crippen LogP contribution is -2.23. The molecular weight excluding hydrogens is 270 g/mol. The number of nitriles is 1. The van der Waals surface area contributed by atoms with Gasteiger partial charge in [0.2, 0.25) is 0 Å². The van der Waals surface area contributed by atoms with E-state index in [1.54, 1.807) is 29.3 Å². The van der Waals surface area contributed by atoms with Crippen LogP contribution < -0.4 is 5.32 Å². The summed E-state index contributed by atoms with van der Waals surface area (Å²) in [5.74, 6) is 0.252.